The molecule has 0 amide bonds. The number of hydrogen-bond donors (Lipinski definition) is 3. The van der Waals surface area contributed by atoms with Crippen molar-refractivity contribution >= 4 is 39.5 Å². The molecule has 0 aromatic heterocycles. The number of phosphoric acid groups is 2. The molecule has 0 saturated heterocycles. The van der Waals surface area contributed by atoms with Crippen LogP contribution in [0.2, 0.25) is 0 Å². The second-order valence-electron chi connectivity index (χ2n) is 30.3. The van der Waals surface area contributed by atoms with Crippen LogP contribution < -0.4 is 0 Å². The van der Waals surface area contributed by atoms with Gasteiger partial charge in [-0.15, -0.1) is 0 Å². The Bertz CT molecular complexity index is 1940. The lowest BCUT2D eigenvalue weighted by molar-refractivity contribution is -0.161. The summed E-state index contributed by atoms with van der Waals surface area (Å²) < 4.78 is 68.7. The first-order chi connectivity index (χ1) is 49.5. The van der Waals surface area contributed by atoms with Crippen LogP contribution in [0.4, 0.5) is 0 Å². The van der Waals surface area contributed by atoms with Crippen LogP contribution in [0.15, 0.2) is 0 Å². The summed E-state index contributed by atoms with van der Waals surface area (Å²) in [6.45, 7) is 7.32. The van der Waals surface area contributed by atoms with Crippen molar-refractivity contribution < 1.29 is 80.2 Å². The van der Waals surface area contributed by atoms with E-state index in [9.17, 15) is 43.2 Å². The Morgan fingerprint density at radius 1 is 0.265 bits per heavy atom. The second kappa shape index (κ2) is 75.9. The number of rotatable bonds is 83. The summed E-state index contributed by atoms with van der Waals surface area (Å²) in [5, 5.41) is 10.6. The molecule has 0 fully saturated rings. The zero-order valence-electron chi connectivity index (χ0n) is 66.8. The van der Waals surface area contributed by atoms with E-state index in [2.05, 4.69) is 34.6 Å². The van der Waals surface area contributed by atoms with E-state index in [1.807, 2.05) is 0 Å². The molecule has 0 saturated carbocycles. The Morgan fingerprint density at radius 3 is 0.667 bits per heavy atom. The van der Waals surface area contributed by atoms with Crippen molar-refractivity contribution in [3.63, 3.8) is 0 Å². The number of esters is 4. The number of aliphatic hydroxyl groups excluding tert-OH is 1. The summed E-state index contributed by atoms with van der Waals surface area (Å²) >= 11 is 0. The first-order valence-corrected chi connectivity index (χ1v) is 46.1. The lowest BCUT2D eigenvalue weighted by Gasteiger charge is -2.21. The molecule has 0 rings (SSSR count). The van der Waals surface area contributed by atoms with Gasteiger partial charge in [-0.25, -0.2) is 9.13 Å². The zero-order chi connectivity index (χ0) is 74.8. The molecule has 3 N–H and O–H groups in total. The molecule has 2 unspecified atom stereocenters. The largest absolute Gasteiger partial charge is 0.472 e. The van der Waals surface area contributed by atoms with Crippen LogP contribution in [0.3, 0.4) is 0 Å². The Kier molecular flexibility index (Phi) is 74.4. The Balaban J connectivity index is 5.21. The summed E-state index contributed by atoms with van der Waals surface area (Å²) in [5.74, 6) is -1.34. The lowest BCUT2D eigenvalue weighted by Crippen LogP contribution is -2.30. The van der Waals surface area contributed by atoms with Crippen molar-refractivity contribution in [3.05, 3.63) is 0 Å². The summed E-state index contributed by atoms with van der Waals surface area (Å²) in [6.07, 6.45) is 68.1. The highest BCUT2D eigenvalue weighted by Gasteiger charge is 2.30. The van der Waals surface area contributed by atoms with E-state index in [4.69, 9.17) is 37.0 Å². The summed E-state index contributed by atoms with van der Waals surface area (Å²) in [7, 11) is -9.92. The van der Waals surface area contributed by atoms with Crippen molar-refractivity contribution in [1.29, 1.82) is 0 Å². The van der Waals surface area contributed by atoms with Crippen LogP contribution in [0.5, 0.6) is 0 Å². The fraction of sp³-hybridized carbons (Fsp3) is 0.952. The van der Waals surface area contributed by atoms with Gasteiger partial charge in [-0.05, 0) is 31.6 Å². The van der Waals surface area contributed by atoms with E-state index < -0.39 is 97.5 Å². The van der Waals surface area contributed by atoms with E-state index >= 15 is 0 Å². The standard InChI is InChI=1S/C83H162O17P2/c1-6-9-12-15-18-21-23-25-27-29-31-33-35-37-39-43-48-53-58-63-68-82(87)100-79(73-94-81(86)67-62-57-52-47-42-38-36-34-32-30-28-26-24-22-19-16-13-10-7-2)75-98-102(91,92)96-71-77(84)70-95-101(89,90)97-74-78(72-93-80(85)66-61-56-51-45-20-17-14-11-8-3)99-83(88)69-64-59-54-49-44-40-41-46-50-55-60-65-76(4)5/h76-79,84H,6-75H2,1-5H3,(H,89,90)(H,91,92)/t77-,78+,79+/m0/s1. The minimum atomic E-state index is -4.96. The molecule has 0 aliphatic carbocycles. The number of phosphoric ester groups is 2. The Morgan fingerprint density at radius 2 is 0.451 bits per heavy atom. The molecule has 0 bridgehead atoms. The second-order valence-corrected chi connectivity index (χ2v) is 33.3. The van der Waals surface area contributed by atoms with Gasteiger partial charge in [-0.3, -0.25) is 37.3 Å². The Labute approximate surface area is 626 Å². The number of carbonyl (C=O) groups excluding carboxylic acids is 4. The third-order valence-corrected chi connectivity index (χ3v) is 21.4. The zero-order valence-corrected chi connectivity index (χ0v) is 68.5. The molecule has 0 spiro atoms. The van der Waals surface area contributed by atoms with Crippen molar-refractivity contribution in [1.82, 2.24) is 0 Å². The molecule has 0 aromatic carbocycles. The van der Waals surface area contributed by atoms with Gasteiger partial charge in [0.15, 0.2) is 12.2 Å². The van der Waals surface area contributed by atoms with Crippen LogP contribution in [-0.4, -0.2) is 96.7 Å². The predicted molar refractivity (Wildman–Crippen MR) is 418 cm³/mol. The molecule has 606 valence electrons. The first kappa shape index (κ1) is 100. The topological polar surface area (TPSA) is 237 Å². The van der Waals surface area contributed by atoms with Gasteiger partial charge in [-0.1, -0.05) is 394 Å². The van der Waals surface area contributed by atoms with E-state index in [1.165, 1.54) is 270 Å². The van der Waals surface area contributed by atoms with Gasteiger partial charge in [0, 0.05) is 25.7 Å². The highest BCUT2D eigenvalue weighted by molar-refractivity contribution is 7.47. The minimum absolute atomic E-state index is 0.107. The molecule has 0 aliphatic rings. The van der Waals surface area contributed by atoms with Crippen molar-refractivity contribution in [2.24, 2.45) is 5.92 Å². The fourth-order valence-corrected chi connectivity index (χ4v) is 14.5. The fourth-order valence-electron chi connectivity index (χ4n) is 12.9. The third kappa shape index (κ3) is 76.3. The van der Waals surface area contributed by atoms with Crippen molar-refractivity contribution in [2.75, 3.05) is 39.6 Å². The SMILES string of the molecule is CCCCCCCCCCCCCCCCCCCCCCC(=O)O[C@H](COC(=O)CCCCCCCCCCCCCCCCCCCCC)COP(=O)(O)OC[C@@H](O)COP(=O)(O)OC[C@@H](COC(=O)CCCCCCCCCCC)OC(=O)CCCCCCCCCCCCCC(C)C. The highest BCUT2D eigenvalue weighted by Crippen LogP contribution is 2.45. The maximum Gasteiger partial charge on any atom is 0.472 e. The molecule has 5 atom stereocenters. The Hall–Kier alpha value is -1.94. The molecule has 0 aromatic rings. The van der Waals surface area contributed by atoms with Gasteiger partial charge in [0.25, 0.3) is 0 Å². The van der Waals surface area contributed by atoms with E-state index in [-0.39, 0.29) is 25.7 Å². The number of aliphatic hydroxyl groups is 1. The van der Waals surface area contributed by atoms with E-state index in [0.29, 0.717) is 25.7 Å². The summed E-state index contributed by atoms with van der Waals surface area (Å²) in [5.41, 5.74) is 0. The number of unbranched alkanes of at least 4 members (excludes halogenated alkanes) is 55. The van der Waals surface area contributed by atoms with E-state index in [0.717, 1.165) is 95.8 Å². The molecule has 0 heterocycles. The number of ether oxygens (including phenoxy) is 4. The van der Waals surface area contributed by atoms with Crippen molar-refractivity contribution in [3.8, 4) is 0 Å². The molecule has 19 heteroatoms. The highest BCUT2D eigenvalue weighted by atomic mass is 31.2. The molecule has 102 heavy (non-hydrogen) atoms. The average Bonchev–Trinajstić information content (AvgIpc) is 0.935. The van der Waals surface area contributed by atoms with Crippen LogP contribution in [0.1, 0.15) is 446 Å². The van der Waals surface area contributed by atoms with Crippen LogP contribution >= 0.6 is 15.6 Å². The first-order valence-electron chi connectivity index (χ1n) is 43.1. The smallest absolute Gasteiger partial charge is 0.462 e. The molecular weight excluding hydrogens is 1330 g/mol. The van der Waals surface area contributed by atoms with Crippen molar-refractivity contribution in [2.45, 2.75) is 464 Å². The van der Waals surface area contributed by atoms with Gasteiger partial charge >= 0.3 is 39.5 Å². The summed E-state index contributed by atoms with van der Waals surface area (Å²) in [4.78, 5) is 73.0. The minimum Gasteiger partial charge on any atom is -0.462 e. The molecule has 0 aliphatic heterocycles. The average molecular weight is 1490 g/mol. The van der Waals surface area contributed by atoms with E-state index in [1.54, 1.807) is 0 Å². The predicted octanol–water partition coefficient (Wildman–Crippen LogP) is 25.2. The number of hydrogen-bond acceptors (Lipinski definition) is 15. The quantitative estimate of drug-likeness (QED) is 0.0222. The van der Waals surface area contributed by atoms with Crippen LogP contribution in [0, 0.1) is 5.92 Å². The number of carbonyl (C=O) groups is 4. The molecular formula is C83H162O17P2. The molecule has 17 nitrogen and oxygen atoms in total. The van der Waals surface area contributed by atoms with Crippen LogP contribution in [0.25, 0.3) is 0 Å². The van der Waals surface area contributed by atoms with Gasteiger partial charge < -0.3 is 33.8 Å². The van der Waals surface area contributed by atoms with Crippen LogP contribution in [-0.2, 0) is 65.4 Å². The van der Waals surface area contributed by atoms with Gasteiger partial charge in [0.05, 0.1) is 26.4 Å². The monoisotopic (exact) mass is 1490 g/mol. The maximum absolute atomic E-state index is 13.1. The normalized spacial score (nSPS) is 13.8. The maximum atomic E-state index is 13.1. The molecule has 0 radical (unpaired) electrons. The van der Waals surface area contributed by atoms with Gasteiger partial charge in [-0.2, -0.15) is 0 Å². The van der Waals surface area contributed by atoms with Gasteiger partial charge in [0.1, 0.15) is 19.3 Å². The third-order valence-electron chi connectivity index (χ3n) is 19.5. The van der Waals surface area contributed by atoms with Gasteiger partial charge in [0.2, 0.25) is 0 Å². The lowest BCUT2D eigenvalue weighted by atomic mass is 10.0. The summed E-state index contributed by atoms with van der Waals surface area (Å²) in [6, 6.07) is 0.